The third kappa shape index (κ3) is 3.32. The van der Waals surface area contributed by atoms with Gasteiger partial charge in [-0.15, -0.1) is 0 Å². The molecule has 1 fully saturated rings. The highest BCUT2D eigenvalue weighted by Gasteiger charge is 2.34. The summed E-state index contributed by atoms with van der Waals surface area (Å²) < 4.78 is 31.6. The van der Waals surface area contributed by atoms with Crippen molar-refractivity contribution < 1.29 is 23.4 Å². The molecule has 6 heteroatoms. The molecule has 2 aromatic rings. The Morgan fingerprint density at radius 3 is 2.93 bits per heavy atom. The molecule has 0 bridgehead atoms. The molecule has 5 nitrogen and oxygen atoms in total. The zero-order chi connectivity index (χ0) is 20.0. The summed E-state index contributed by atoms with van der Waals surface area (Å²) in [5.74, 6) is 0.782. The summed E-state index contributed by atoms with van der Waals surface area (Å²) in [4.78, 5) is 15.1. The lowest BCUT2D eigenvalue weighted by Crippen LogP contribution is -2.37. The average Bonchev–Trinajstić information content (AvgIpc) is 3.33. The normalized spacial score (nSPS) is 22.3. The van der Waals surface area contributed by atoms with Crippen LogP contribution in [0.3, 0.4) is 0 Å². The number of ether oxygens (including phenoxy) is 3. The van der Waals surface area contributed by atoms with Crippen LogP contribution >= 0.6 is 0 Å². The summed E-state index contributed by atoms with van der Waals surface area (Å²) in [5, 5.41) is 0. The van der Waals surface area contributed by atoms with Gasteiger partial charge in [0.2, 0.25) is 5.78 Å². The first-order valence-corrected chi connectivity index (χ1v) is 9.92. The minimum absolute atomic E-state index is 0.131. The van der Waals surface area contributed by atoms with E-state index in [4.69, 9.17) is 14.2 Å². The number of ketones is 1. The maximum Gasteiger partial charge on any atom is 0.231 e. The lowest BCUT2D eigenvalue weighted by Gasteiger charge is -2.31. The van der Waals surface area contributed by atoms with Gasteiger partial charge in [0, 0.05) is 36.4 Å². The first-order valence-electron chi connectivity index (χ1n) is 9.92. The van der Waals surface area contributed by atoms with Crippen molar-refractivity contribution in [1.29, 1.82) is 0 Å². The Morgan fingerprint density at radius 2 is 2.14 bits per heavy atom. The van der Waals surface area contributed by atoms with Crippen LogP contribution in [-0.2, 0) is 11.3 Å². The second-order valence-corrected chi connectivity index (χ2v) is 7.75. The van der Waals surface area contributed by atoms with Crippen molar-refractivity contribution in [3.63, 3.8) is 0 Å². The van der Waals surface area contributed by atoms with Crippen LogP contribution in [-0.4, -0.2) is 36.7 Å². The van der Waals surface area contributed by atoms with Gasteiger partial charge in [0.1, 0.15) is 24.0 Å². The number of carbonyl (C=O) groups excluding carboxylic acids is 1. The summed E-state index contributed by atoms with van der Waals surface area (Å²) in [5.41, 5.74) is 2.60. The van der Waals surface area contributed by atoms with Gasteiger partial charge in [0.25, 0.3) is 0 Å². The van der Waals surface area contributed by atoms with E-state index >= 15 is 0 Å². The summed E-state index contributed by atoms with van der Waals surface area (Å²) in [6, 6.07) is 8.17. The molecule has 3 aliphatic heterocycles. The third-order valence-corrected chi connectivity index (χ3v) is 5.68. The van der Waals surface area contributed by atoms with E-state index in [9.17, 15) is 9.18 Å². The van der Waals surface area contributed by atoms with Crippen LogP contribution in [0.1, 0.15) is 39.9 Å². The van der Waals surface area contributed by atoms with Gasteiger partial charge in [0.15, 0.2) is 5.76 Å². The van der Waals surface area contributed by atoms with Gasteiger partial charge in [-0.2, -0.15) is 0 Å². The fourth-order valence-corrected chi connectivity index (χ4v) is 4.22. The molecule has 0 spiro atoms. The van der Waals surface area contributed by atoms with E-state index < -0.39 is 5.82 Å². The number of hydrogen-bond acceptors (Lipinski definition) is 5. The van der Waals surface area contributed by atoms with Crippen molar-refractivity contribution in [1.82, 2.24) is 4.90 Å². The van der Waals surface area contributed by atoms with Crippen LogP contribution in [0.5, 0.6) is 11.5 Å². The molecular formula is C23H22FNO4. The van der Waals surface area contributed by atoms with E-state index in [1.807, 2.05) is 13.0 Å². The van der Waals surface area contributed by atoms with E-state index in [-0.39, 0.29) is 17.6 Å². The quantitative estimate of drug-likeness (QED) is 0.733. The van der Waals surface area contributed by atoms with Gasteiger partial charge in [-0.1, -0.05) is 18.2 Å². The standard InChI is InChI=1S/C23H22FNO4/c1-14-22-16(11-25(13-28-22)12-17-6-4-8-27-17)9-18-21(26)20(29-23(14)18)10-15-5-2-3-7-19(15)24/h2-3,5,7,9-10,17H,4,6,8,11-13H2,1H3/b20-10-. The molecule has 0 saturated carbocycles. The third-order valence-electron chi connectivity index (χ3n) is 5.68. The molecule has 2 aromatic carbocycles. The highest BCUT2D eigenvalue weighted by molar-refractivity contribution is 6.15. The van der Waals surface area contributed by atoms with Crippen LogP contribution in [0.4, 0.5) is 4.39 Å². The summed E-state index contributed by atoms with van der Waals surface area (Å²) in [6.45, 7) is 4.72. The number of halogens is 1. The molecule has 3 aliphatic rings. The van der Waals surface area contributed by atoms with E-state index in [2.05, 4.69) is 4.90 Å². The van der Waals surface area contributed by atoms with Crippen LogP contribution in [0, 0.1) is 12.7 Å². The van der Waals surface area contributed by atoms with Gasteiger partial charge < -0.3 is 14.2 Å². The zero-order valence-electron chi connectivity index (χ0n) is 16.2. The van der Waals surface area contributed by atoms with Gasteiger partial charge >= 0.3 is 0 Å². The number of nitrogens with zero attached hydrogens (tertiary/aromatic N) is 1. The maximum atomic E-state index is 14.0. The molecular weight excluding hydrogens is 373 g/mol. The maximum absolute atomic E-state index is 14.0. The van der Waals surface area contributed by atoms with Crippen LogP contribution in [0.25, 0.3) is 6.08 Å². The van der Waals surface area contributed by atoms with Crippen molar-refractivity contribution in [2.75, 3.05) is 19.9 Å². The Kier molecular flexibility index (Phi) is 4.60. The van der Waals surface area contributed by atoms with Crippen LogP contribution < -0.4 is 9.47 Å². The summed E-state index contributed by atoms with van der Waals surface area (Å²) in [7, 11) is 0. The Hall–Kier alpha value is -2.70. The van der Waals surface area contributed by atoms with Crippen molar-refractivity contribution in [3.05, 3.63) is 64.2 Å². The Bertz CT molecular complexity index is 1010. The van der Waals surface area contributed by atoms with E-state index in [0.717, 1.165) is 42.9 Å². The van der Waals surface area contributed by atoms with Gasteiger partial charge in [-0.05, 0) is 38.0 Å². The molecule has 150 valence electrons. The largest absolute Gasteiger partial charge is 0.477 e. The predicted octanol–water partition coefficient (Wildman–Crippen LogP) is 4.08. The molecule has 0 N–H and O–H groups in total. The molecule has 0 amide bonds. The van der Waals surface area contributed by atoms with E-state index in [0.29, 0.717) is 30.2 Å². The molecule has 1 saturated heterocycles. The molecule has 3 heterocycles. The number of Topliss-reactive ketones (excluding diaryl/α,β-unsaturated/α-hetero) is 1. The minimum atomic E-state index is -0.392. The average molecular weight is 395 g/mol. The van der Waals surface area contributed by atoms with Crippen molar-refractivity contribution in [2.45, 2.75) is 32.4 Å². The molecule has 0 aliphatic carbocycles. The smallest absolute Gasteiger partial charge is 0.231 e. The summed E-state index contributed by atoms with van der Waals surface area (Å²) in [6.07, 6.45) is 3.88. The zero-order valence-corrected chi connectivity index (χ0v) is 16.2. The first kappa shape index (κ1) is 18.3. The van der Waals surface area contributed by atoms with Crippen LogP contribution in [0.15, 0.2) is 36.1 Å². The fraction of sp³-hybridized carbons (Fsp3) is 0.348. The molecule has 5 rings (SSSR count). The van der Waals surface area contributed by atoms with E-state index in [1.165, 1.54) is 12.1 Å². The Morgan fingerprint density at radius 1 is 1.28 bits per heavy atom. The number of benzene rings is 2. The highest BCUT2D eigenvalue weighted by Crippen LogP contribution is 2.43. The second-order valence-electron chi connectivity index (χ2n) is 7.75. The fourth-order valence-electron chi connectivity index (χ4n) is 4.22. The number of rotatable bonds is 3. The van der Waals surface area contributed by atoms with Gasteiger partial charge in [-0.3, -0.25) is 9.69 Å². The Balaban J connectivity index is 1.43. The predicted molar refractivity (Wildman–Crippen MR) is 105 cm³/mol. The molecule has 1 atom stereocenters. The van der Waals surface area contributed by atoms with Crippen molar-refractivity contribution in [2.24, 2.45) is 0 Å². The first-order chi connectivity index (χ1) is 14.1. The molecule has 29 heavy (non-hydrogen) atoms. The summed E-state index contributed by atoms with van der Waals surface area (Å²) >= 11 is 0. The number of fused-ring (bicyclic) bond motifs is 2. The monoisotopic (exact) mass is 395 g/mol. The Labute approximate surface area is 168 Å². The van der Waals surface area contributed by atoms with Crippen molar-refractivity contribution >= 4 is 11.9 Å². The second kappa shape index (κ2) is 7.28. The van der Waals surface area contributed by atoms with E-state index in [1.54, 1.807) is 18.2 Å². The SMILES string of the molecule is Cc1c2c(cc3c1O/C(=C\c1ccccc1F)C3=O)CN(CC1CCCO1)CO2. The molecule has 1 unspecified atom stereocenters. The molecule has 0 radical (unpaired) electrons. The topological polar surface area (TPSA) is 48.0 Å². The van der Waals surface area contributed by atoms with Gasteiger partial charge in [0.05, 0.1) is 11.7 Å². The van der Waals surface area contributed by atoms with Crippen LogP contribution in [0.2, 0.25) is 0 Å². The van der Waals surface area contributed by atoms with Crippen molar-refractivity contribution in [3.8, 4) is 11.5 Å². The molecule has 0 aromatic heterocycles. The lowest BCUT2D eigenvalue weighted by molar-refractivity contribution is 0.0276. The number of hydrogen-bond donors (Lipinski definition) is 0. The lowest BCUT2D eigenvalue weighted by atomic mass is 10.00. The highest BCUT2D eigenvalue weighted by atomic mass is 19.1. The number of allylic oxidation sites excluding steroid dienone is 1. The van der Waals surface area contributed by atoms with Gasteiger partial charge in [-0.25, -0.2) is 4.39 Å². The number of carbonyl (C=O) groups is 1. The minimum Gasteiger partial charge on any atom is -0.477 e.